The van der Waals surface area contributed by atoms with Crippen molar-refractivity contribution in [2.45, 2.75) is 69.6 Å². The molecular formula is C14H28N2O. The number of hydrogen-bond donors (Lipinski definition) is 1. The van der Waals surface area contributed by atoms with Crippen LogP contribution < -0.4 is 5.73 Å². The zero-order valence-corrected chi connectivity index (χ0v) is 11.2. The van der Waals surface area contributed by atoms with Gasteiger partial charge in [0.15, 0.2) is 0 Å². The third-order valence-electron chi connectivity index (χ3n) is 4.41. The van der Waals surface area contributed by atoms with Gasteiger partial charge in [0, 0.05) is 18.7 Å². The molecule has 3 unspecified atom stereocenters. The summed E-state index contributed by atoms with van der Waals surface area (Å²) in [5.74, 6) is 0. The van der Waals surface area contributed by atoms with Gasteiger partial charge in [-0.2, -0.15) is 0 Å². The van der Waals surface area contributed by atoms with Gasteiger partial charge in [-0.3, -0.25) is 0 Å². The highest BCUT2D eigenvalue weighted by molar-refractivity contribution is 4.84. The van der Waals surface area contributed by atoms with Crippen molar-refractivity contribution in [3.63, 3.8) is 0 Å². The molecule has 2 N–H and O–H groups in total. The van der Waals surface area contributed by atoms with Crippen LogP contribution in [-0.4, -0.2) is 43.3 Å². The predicted molar refractivity (Wildman–Crippen MR) is 71.1 cm³/mol. The van der Waals surface area contributed by atoms with Gasteiger partial charge in [-0.05, 0) is 52.1 Å². The number of nitrogens with two attached hydrogens (primary N) is 1. The summed E-state index contributed by atoms with van der Waals surface area (Å²) in [4.78, 5) is 2.48. The maximum atomic E-state index is 6.21. The standard InChI is InChI=1S/C14H28N2O/c1-16(14-9-3-2-8-13(14)15)10-4-6-12-7-5-11-17-12/h12-14H,2-11,15H2,1H3. The van der Waals surface area contributed by atoms with Gasteiger partial charge >= 0.3 is 0 Å². The molecule has 0 aromatic heterocycles. The van der Waals surface area contributed by atoms with E-state index < -0.39 is 0 Å². The Hall–Kier alpha value is -0.120. The molecule has 0 aromatic carbocycles. The molecule has 2 rings (SSSR count). The minimum atomic E-state index is 0.400. The molecule has 0 amide bonds. The van der Waals surface area contributed by atoms with Gasteiger partial charge in [-0.1, -0.05) is 12.8 Å². The minimum Gasteiger partial charge on any atom is -0.378 e. The summed E-state index contributed by atoms with van der Waals surface area (Å²) in [5, 5.41) is 0. The zero-order valence-electron chi connectivity index (χ0n) is 11.2. The maximum absolute atomic E-state index is 6.21. The largest absolute Gasteiger partial charge is 0.378 e. The second kappa shape index (κ2) is 6.72. The lowest BCUT2D eigenvalue weighted by Gasteiger charge is -2.36. The molecule has 1 saturated carbocycles. The van der Waals surface area contributed by atoms with Gasteiger partial charge in [0.1, 0.15) is 0 Å². The van der Waals surface area contributed by atoms with Crippen molar-refractivity contribution in [2.24, 2.45) is 5.73 Å². The zero-order chi connectivity index (χ0) is 12.1. The summed E-state index contributed by atoms with van der Waals surface area (Å²) in [5.41, 5.74) is 6.21. The van der Waals surface area contributed by atoms with Crippen molar-refractivity contribution in [2.75, 3.05) is 20.2 Å². The molecule has 3 nitrogen and oxygen atoms in total. The molecule has 3 heteroatoms. The Bertz CT molecular complexity index is 216. The minimum absolute atomic E-state index is 0.400. The normalized spacial score (nSPS) is 34.4. The predicted octanol–water partition coefficient (Wildman–Crippen LogP) is 2.15. The van der Waals surface area contributed by atoms with Crippen molar-refractivity contribution < 1.29 is 4.74 Å². The molecule has 1 aliphatic heterocycles. The SMILES string of the molecule is CN(CCCC1CCCO1)C1CCCCC1N. The first-order valence-corrected chi connectivity index (χ1v) is 7.35. The Morgan fingerprint density at radius 1 is 1.18 bits per heavy atom. The van der Waals surface area contributed by atoms with Crippen molar-refractivity contribution >= 4 is 0 Å². The highest BCUT2D eigenvalue weighted by atomic mass is 16.5. The monoisotopic (exact) mass is 240 g/mol. The molecule has 2 fully saturated rings. The Balaban J connectivity index is 1.63. The number of rotatable bonds is 5. The molecule has 0 radical (unpaired) electrons. The van der Waals surface area contributed by atoms with Crippen LogP contribution in [0.1, 0.15) is 51.4 Å². The molecule has 17 heavy (non-hydrogen) atoms. The van der Waals surface area contributed by atoms with Crippen molar-refractivity contribution in [1.29, 1.82) is 0 Å². The Morgan fingerprint density at radius 2 is 2.00 bits per heavy atom. The fourth-order valence-corrected chi connectivity index (χ4v) is 3.29. The second-order valence-electron chi connectivity index (χ2n) is 5.77. The van der Waals surface area contributed by atoms with Crippen molar-refractivity contribution in [3.8, 4) is 0 Å². The quantitative estimate of drug-likeness (QED) is 0.800. The third kappa shape index (κ3) is 3.94. The van der Waals surface area contributed by atoms with Crippen molar-refractivity contribution in [3.05, 3.63) is 0 Å². The van der Waals surface area contributed by atoms with Gasteiger partial charge in [-0.25, -0.2) is 0 Å². The van der Waals surface area contributed by atoms with E-state index >= 15 is 0 Å². The van der Waals surface area contributed by atoms with Crippen LogP contribution in [0.5, 0.6) is 0 Å². The molecule has 0 bridgehead atoms. The number of nitrogens with zero attached hydrogens (tertiary/aromatic N) is 1. The Labute approximate surface area is 106 Å². The first-order chi connectivity index (χ1) is 8.27. The average molecular weight is 240 g/mol. The Morgan fingerprint density at radius 3 is 2.71 bits per heavy atom. The summed E-state index contributed by atoms with van der Waals surface area (Å²) in [7, 11) is 2.24. The van der Waals surface area contributed by atoms with Gasteiger partial charge < -0.3 is 15.4 Å². The van der Waals surface area contributed by atoms with E-state index in [1.54, 1.807) is 0 Å². The lowest BCUT2D eigenvalue weighted by molar-refractivity contribution is 0.0950. The molecular weight excluding hydrogens is 212 g/mol. The molecule has 0 aromatic rings. The van der Waals surface area contributed by atoms with Crippen molar-refractivity contribution in [1.82, 2.24) is 4.90 Å². The van der Waals surface area contributed by atoms with Crippen LogP contribution in [-0.2, 0) is 4.74 Å². The maximum Gasteiger partial charge on any atom is 0.0576 e. The van der Waals surface area contributed by atoms with Crippen LogP contribution in [0.15, 0.2) is 0 Å². The van der Waals surface area contributed by atoms with Gasteiger partial charge in [-0.15, -0.1) is 0 Å². The second-order valence-corrected chi connectivity index (χ2v) is 5.77. The molecule has 1 heterocycles. The first kappa shape index (κ1) is 13.3. The highest BCUT2D eigenvalue weighted by Gasteiger charge is 2.25. The lowest BCUT2D eigenvalue weighted by Crippen LogP contribution is -2.48. The summed E-state index contributed by atoms with van der Waals surface area (Å²) >= 11 is 0. The summed E-state index contributed by atoms with van der Waals surface area (Å²) in [6, 6.07) is 1.02. The Kier molecular flexibility index (Phi) is 5.26. The summed E-state index contributed by atoms with van der Waals surface area (Å²) in [6.07, 6.45) is 10.7. The molecule has 100 valence electrons. The average Bonchev–Trinajstić information content (AvgIpc) is 2.82. The van der Waals surface area contributed by atoms with E-state index in [2.05, 4.69) is 11.9 Å². The van der Waals surface area contributed by atoms with Gasteiger partial charge in [0.2, 0.25) is 0 Å². The van der Waals surface area contributed by atoms with E-state index in [-0.39, 0.29) is 0 Å². The van der Waals surface area contributed by atoms with E-state index in [9.17, 15) is 0 Å². The van der Waals surface area contributed by atoms with Gasteiger partial charge in [0.25, 0.3) is 0 Å². The number of likely N-dealkylation sites (N-methyl/N-ethyl adjacent to an activating group) is 1. The summed E-state index contributed by atoms with van der Waals surface area (Å²) in [6.45, 7) is 2.16. The van der Waals surface area contributed by atoms with Crippen LogP contribution in [0.3, 0.4) is 0 Å². The van der Waals surface area contributed by atoms with Crippen LogP contribution >= 0.6 is 0 Å². The molecule has 1 aliphatic carbocycles. The van der Waals surface area contributed by atoms with E-state index in [0.29, 0.717) is 18.2 Å². The van der Waals surface area contributed by atoms with Crippen LogP contribution in [0.2, 0.25) is 0 Å². The fourth-order valence-electron chi connectivity index (χ4n) is 3.29. The van der Waals surface area contributed by atoms with Crippen LogP contribution in [0.4, 0.5) is 0 Å². The summed E-state index contributed by atoms with van der Waals surface area (Å²) < 4.78 is 5.66. The molecule has 1 saturated heterocycles. The smallest absolute Gasteiger partial charge is 0.0576 e. The van der Waals surface area contributed by atoms with Gasteiger partial charge in [0.05, 0.1) is 6.10 Å². The third-order valence-corrected chi connectivity index (χ3v) is 4.41. The van der Waals surface area contributed by atoms with E-state index in [1.165, 1.54) is 57.9 Å². The fraction of sp³-hybridized carbons (Fsp3) is 1.00. The molecule has 3 atom stereocenters. The number of hydrogen-bond acceptors (Lipinski definition) is 3. The van der Waals surface area contributed by atoms with E-state index in [1.807, 2.05) is 0 Å². The van der Waals surface area contributed by atoms with E-state index in [4.69, 9.17) is 10.5 Å². The van der Waals surface area contributed by atoms with E-state index in [0.717, 1.165) is 6.61 Å². The molecule has 2 aliphatic rings. The highest BCUT2D eigenvalue weighted by Crippen LogP contribution is 2.22. The first-order valence-electron chi connectivity index (χ1n) is 7.35. The van der Waals surface area contributed by atoms with Crippen LogP contribution in [0.25, 0.3) is 0 Å². The topological polar surface area (TPSA) is 38.5 Å². The molecule has 0 spiro atoms. The lowest BCUT2D eigenvalue weighted by atomic mass is 9.90. The number of ether oxygens (including phenoxy) is 1. The van der Waals surface area contributed by atoms with Crippen LogP contribution in [0, 0.1) is 0 Å².